The maximum absolute atomic E-state index is 12.6. The summed E-state index contributed by atoms with van der Waals surface area (Å²) in [5, 5.41) is 25.4. The highest BCUT2D eigenvalue weighted by molar-refractivity contribution is 5.97. The second-order valence-corrected chi connectivity index (χ2v) is 9.60. The van der Waals surface area contributed by atoms with Crippen LogP contribution in [0.5, 0.6) is 5.75 Å². The van der Waals surface area contributed by atoms with Crippen LogP contribution in [0.3, 0.4) is 0 Å². The van der Waals surface area contributed by atoms with Crippen LogP contribution in [0, 0.1) is 27.4 Å². The number of aromatic hydroxyl groups is 1. The fraction of sp³-hybridized carbons (Fsp3) is 0.440. The molecular weight excluding hydrogens is 406 g/mol. The van der Waals surface area contributed by atoms with Crippen LogP contribution in [0.2, 0.25) is 0 Å². The van der Waals surface area contributed by atoms with Gasteiger partial charge in [-0.15, -0.1) is 0 Å². The van der Waals surface area contributed by atoms with E-state index in [9.17, 15) is 20.0 Å². The van der Waals surface area contributed by atoms with E-state index in [4.69, 9.17) is 0 Å². The molecule has 0 heterocycles. The van der Waals surface area contributed by atoms with Crippen LogP contribution in [0.4, 0.5) is 5.69 Å². The quantitative estimate of drug-likeness (QED) is 0.528. The number of carbonyl (C=O) groups is 1. The molecule has 3 aliphatic rings. The van der Waals surface area contributed by atoms with E-state index in [0.717, 1.165) is 44.2 Å². The van der Waals surface area contributed by atoms with Gasteiger partial charge in [-0.25, -0.2) is 5.43 Å². The highest BCUT2D eigenvalue weighted by Crippen LogP contribution is 2.59. The number of benzene rings is 2. The fourth-order valence-electron chi connectivity index (χ4n) is 6.48. The first-order valence-electron chi connectivity index (χ1n) is 11.3. The van der Waals surface area contributed by atoms with Gasteiger partial charge in [0.2, 0.25) is 0 Å². The highest BCUT2D eigenvalue weighted by atomic mass is 16.6. The number of non-ortho nitro benzene ring substituents is 1. The Balaban J connectivity index is 1.34. The SMILES string of the molecule is CC12CCC3c4ccc(O)cc4CCC3C1CCC2=NNC(=O)c1cccc([N+](=O)[O-])c1. The standard InChI is InChI=1S/C25H27N3O4/c1-25-12-11-20-19-8-6-18(29)14-15(19)5-7-21(20)22(25)9-10-23(25)26-27-24(30)16-3-2-4-17(13-16)28(31)32/h2-4,6,8,13-14,20-22,29H,5,7,9-12H2,1H3,(H,27,30). The molecular formula is C25H27N3O4. The van der Waals surface area contributed by atoms with Crippen molar-refractivity contribution < 1.29 is 14.8 Å². The Morgan fingerprint density at radius 2 is 2.03 bits per heavy atom. The third kappa shape index (κ3) is 3.36. The minimum Gasteiger partial charge on any atom is -0.508 e. The van der Waals surface area contributed by atoms with Crippen LogP contribution in [-0.2, 0) is 6.42 Å². The summed E-state index contributed by atoms with van der Waals surface area (Å²) >= 11 is 0. The summed E-state index contributed by atoms with van der Waals surface area (Å²) in [5.41, 5.74) is 6.46. The number of nitro groups is 1. The number of hydrazone groups is 1. The molecule has 0 radical (unpaired) electrons. The van der Waals surface area contributed by atoms with Gasteiger partial charge in [0.05, 0.1) is 4.92 Å². The van der Waals surface area contributed by atoms with Crippen LogP contribution < -0.4 is 5.43 Å². The Labute approximate surface area is 186 Å². The van der Waals surface area contributed by atoms with Gasteiger partial charge in [0.25, 0.3) is 11.6 Å². The number of fused-ring (bicyclic) bond motifs is 5. The molecule has 2 saturated carbocycles. The predicted molar refractivity (Wildman–Crippen MR) is 121 cm³/mol. The van der Waals surface area contributed by atoms with E-state index in [1.165, 1.54) is 29.3 Å². The number of phenolic OH excluding ortho intramolecular Hbond substituents is 1. The zero-order valence-corrected chi connectivity index (χ0v) is 18.1. The Morgan fingerprint density at radius 1 is 1.19 bits per heavy atom. The lowest BCUT2D eigenvalue weighted by Crippen LogP contribution is -2.43. The molecule has 2 fully saturated rings. The molecule has 4 atom stereocenters. The van der Waals surface area contributed by atoms with E-state index in [2.05, 4.69) is 23.5 Å². The lowest BCUT2D eigenvalue weighted by molar-refractivity contribution is -0.384. The third-order valence-electron chi connectivity index (χ3n) is 8.06. The van der Waals surface area contributed by atoms with Gasteiger partial charge in [-0.3, -0.25) is 14.9 Å². The van der Waals surface area contributed by atoms with Gasteiger partial charge in [-0.1, -0.05) is 19.1 Å². The summed E-state index contributed by atoms with van der Waals surface area (Å²) in [7, 11) is 0. The summed E-state index contributed by atoms with van der Waals surface area (Å²) in [5.74, 6) is 1.56. The maximum Gasteiger partial charge on any atom is 0.271 e. The van der Waals surface area contributed by atoms with Crippen molar-refractivity contribution in [1.82, 2.24) is 5.43 Å². The molecule has 0 aliphatic heterocycles. The Bertz CT molecular complexity index is 1130. The molecule has 32 heavy (non-hydrogen) atoms. The second kappa shape index (κ2) is 7.73. The van der Waals surface area contributed by atoms with Crippen molar-refractivity contribution in [2.75, 3.05) is 0 Å². The van der Waals surface area contributed by atoms with Crippen LogP contribution >= 0.6 is 0 Å². The number of carbonyl (C=O) groups excluding carboxylic acids is 1. The fourth-order valence-corrected chi connectivity index (χ4v) is 6.48. The van der Waals surface area contributed by atoms with Crippen molar-refractivity contribution in [1.29, 1.82) is 0 Å². The van der Waals surface area contributed by atoms with Crippen LogP contribution in [0.1, 0.15) is 66.4 Å². The highest BCUT2D eigenvalue weighted by Gasteiger charge is 2.53. The van der Waals surface area contributed by atoms with Gasteiger partial charge >= 0.3 is 0 Å². The minimum atomic E-state index is -0.507. The summed E-state index contributed by atoms with van der Waals surface area (Å²) in [6.07, 6.45) is 6.14. The van der Waals surface area contributed by atoms with Crippen molar-refractivity contribution in [2.45, 2.75) is 51.4 Å². The van der Waals surface area contributed by atoms with E-state index in [-0.39, 0.29) is 16.7 Å². The van der Waals surface area contributed by atoms with Crippen LogP contribution in [-0.4, -0.2) is 21.6 Å². The van der Waals surface area contributed by atoms with Crippen LogP contribution in [0.25, 0.3) is 0 Å². The summed E-state index contributed by atoms with van der Waals surface area (Å²) < 4.78 is 0. The number of aryl methyl sites for hydroxylation is 1. The number of nitro benzene ring substituents is 1. The van der Waals surface area contributed by atoms with Crippen molar-refractivity contribution in [2.24, 2.45) is 22.4 Å². The van der Waals surface area contributed by atoms with Crippen molar-refractivity contribution in [3.05, 3.63) is 69.3 Å². The third-order valence-corrected chi connectivity index (χ3v) is 8.06. The zero-order valence-electron chi connectivity index (χ0n) is 18.1. The largest absolute Gasteiger partial charge is 0.508 e. The smallest absolute Gasteiger partial charge is 0.271 e. The minimum absolute atomic E-state index is 0.0362. The average molecular weight is 434 g/mol. The number of phenols is 1. The van der Waals surface area contributed by atoms with E-state index in [1.807, 2.05) is 6.07 Å². The van der Waals surface area contributed by atoms with Gasteiger partial charge < -0.3 is 5.11 Å². The molecule has 2 aromatic rings. The molecule has 7 heteroatoms. The molecule has 2 N–H and O–H groups in total. The molecule has 5 rings (SSSR count). The number of hydrogen-bond acceptors (Lipinski definition) is 5. The topological polar surface area (TPSA) is 105 Å². The number of nitrogens with zero attached hydrogens (tertiary/aromatic N) is 2. The Hall–Kier alpha value is -3.22. The zero-order chi connectivity index (χ0) is 22.5. The van der Waals surface area contributed by atoms with E-state index >= 15 is 0 Å². The predicted octanol–water partition coefficient (Wildman–Crippen LogP) is 4.94. The summed E-state index contributed by atoms with van der Waals surface area (Å²) in [4.78, 5) is 23.1. The number of amides is 1. The number of hydrogen-bond donors (Lipinski definition) is 2. The number of nitrogens with one attached hydrogen (secondary N) is 1. The van der Waals surface area contributed by atoms with Crippen molar-refractivity contribution in [3.8, 4) is 5.75 Å². The normalized spacial score (nSPS) is 29.7. The maximum atomic E-state index is 12.6. The van der Waals surface area contributed by atoms with Crippen molar-refractivity contribution >= 4 is 17.3 Å². The molecule has 0 bridgehead atoms. The monoisotopic (exact) mass is 433 g/mol. The molecule has 0 aromatic heterocycles. The summed E-state index contributed by atoms with van der Waals surface area (Å²) in [6, 6.07) is 11.5. The molecule has 0 spiro atoms. The molecule has 1 amide bonds. The van der Waals surface area contributed by atoms with Gasteiger partial charge in [-0.2, -0.15) is 5.10 Å². The lowest BCUT2D eigenvalue weighted by atomic mass is 9.55. The van der Waals surface area contributed by atoms with E-state index in [1.54, 1.807) is 12.1 Å². The first kappa shape index (κ1) is 20.7. The Morgan fingerprint density at radius 3 is 2.84 bits per heavy atom. The first-order valence-corrected chi connectivity index (χ1v) is 11.3. The molecule has 3 aliphatic carbocycles. The van der Waals surface area contributed by atoms with E-state index in [0.29, 0.717) is 23.5 Å². The van der Waals surface area contributed by atoms with E-state index < -0.39 is 10.8 Å². The Kier molecular flexibility index (Phi) is 4.99. The number of rotatable bonds is 3. The van der Waals surface area contributed by atoms with Gasteiger partial charge in [0, 0.05) is 28.8 Å². The molecule has 7 nitrogen and oxygen atoms in total. The lowest BCUT2D eigenvalue weighted by Gasteiger charge is -2.49. The molecule has 166 valence electrons. The second-order valence-electron chi connectivity index (χ2n) is 9.60. The first-order chi connectivity index (χ1) is 15.4. The summed E-state index contributed by atoms with van der Waals surface area (Å²) in [6.45, 7) is 2.28. The van der Waals surface area contributed by atoms with Crippen LogP contribution in [0.15, 0.2) is 47.6 Å². The van der Waals surface area contributed by atoms with Crippen molar-refractivity contribution in [3.63, 3.8) is 0 Å². The van der Waals surface area contributed by atoms with Gasteiger partial charge in [0.1, 0.15) is 5.75 Å². The molecule has 0 saturated heterocycles. The molecule has 4 unspecified atom stereocenters. The van der Waals surface area contributed by atoms with Gasteiger partial charge in [-0.05, 0) is 85.6 Å². The molecule has 2 aromatic carbocycles. The average Bonchev–Trinajstić information content (AvgIpc) is 3.13. The van der Waals surface area contributed by atoms with Gasteiger partial charge in [0.15, 0.2) is 0 Å².